The summed E-state index contributed by atoms with van der Waals surface area (Å²) in [6.07, 6.45) is 1.53. The van der Waals surface area contributed by atoms with Gasteiger partial charge in [-0.15, -0.1) is 0 Å². The Morgan fingerprint density at radius 1 is 1.07 bits per heavy atom. The number of carbonyl (C=O) groups is 1. The standard InChI is InChI=1S/C21H25NO4S/c1-5-26-20(23)21(10-11-21)17-6-8-18(9-7-17)22-27(24,25)19-15(3)12-14(2)13-16(19)4/h6-9,12-13,22H,5,10-11H2,1-4H3. The monoisotopic (exact) mass is 387 g/mol. The van der Waals surface area contributed by atoms with E-state index in [4.69, 9.17) is 4.74 Å². The zero-order chi connectivity index (χ0) is 19.8. The molecule has 0 saturated heterocycles. The lowest BCUT2D eigenvalue weighted by Gasteiger charge is -2.16. The minimum Gasteiger partial charge on any atom is -0.465 e. The fraction of sp³-hybridized carbons (Fsp3) is 0.381. The lowest BCUT2D eigenvalue weighted by Crippen LogP contribution is -2.23. The Labute approximate surface area is 160 Å². The summed E-state index contributed by atoms with van der Waals surface area (Å²) in [6.45, 7) is 7.69. The normalized spacial score (nSPS) is 15.3. The van der Waals surface area contributed by atoms with Gasteiger partial charge in [-0.05, 0) is 69.4 Å². The molecule has 6 heteroatoms. The second-order valence-electron chi connectivity index (χ2n) is 7.21. The highest BCUT2D eigenvalue weighted by Crippen LogP contribution is 2.49. The molecule has 3 rings (SSSR count). The first kappa shape index (κ1) is 19.4. The number of nitrogens with one attached hydrogen (secondary N) is 1. The molecule has 2 aromatic rings. The molecule has 0 heterocycles. The van der Waals surface area contributed by atoms with Crippen molar-refractivity contribution in [2.45, 2.75) is 50.8 Å². The van der Waals surface area contributed by atoms with Crippen LogP contribution in [0.4, 0.5) is 5.69 Å². The summed E-state index contributed by atoms with van der Waals surface area (Å²) in [5.41, 5.74) is 3.25. The van der Waals surface area contributed by atoms with Crippen molar-refractivity contribution in [3.05, 3.63) is 58.7 Å². The molecule has 27 heavy (non-hydrogen) atoms. The van der Waals surface area contributed by atoms with E-state index in [1.807, 2.05) is 19.1 Å². The summed E-state index contributed by atoms with van der Waals surface area (Å²) in [6, 6.07) is 10.7. The van der Waals surface area contributed by atoms with E-state index < -0.39 is 15.4 Å². The number of benzene rings is 2. The Hall–Kier alpha value is -2.34. The molecule has 0 radical (unpaired) electrons. The minimum atomic E-state index is -3.69. The van der Waals surface area contributed by atoms with Crippen LogP contribution in [0.15, 0.2) is 41.3 Å². The van der Waals surface area contributed by atoms with Gasteiger partial charge in [-0.3, -0.25) is 9.52 Å². The van der Waals surface area contributed by atoms with E-state index in [9.17, 15) is 13.2 Å². The third-order valence-electron chi connectivity index (χ3n) is 4.98. The number of rotatable bonds is 6. The van der Waals surface area contributed by atoms with Gasteiger partial charge >= 0.3 is 5.97 Å². The Kier molecular flexibility index (Phi) is 5.04. The molecule has 0 aromatic heterocycles. The van der Waals surface area contributed by atoms with Gasteiger partial charge in [-0.25, -0.2) is 8.42 Å². The maximum atomic E-state index is 12.9. The van der Waals surface area contributed by atoms with Gasteiger partial charge in [0.05, 0.1) is 16.9 Å². The Morgan fingerprint density at radius 3 is 2.11 bits per heavy atom. The predicted molar refractivity (Wildman–Crippen MR) is 105 cm³/mol. The number of aryl methyl sites for hydroxylation is 3. The molecule has 0 unspecified atom stereocenters. The van der Waals surface area contributed by atoms with Gasteiger partial charge in [0.1, 0.15) is 0 Å². The molecular formula is C21H25NO4S. The van der Waals surface area contributed by atoms with Crippen molar-refractivity contribution in [1.82, 2.24) is 0 Å². The van der Waals surface area contributed by atoms with E-state index in [-0.39, 0.29) is 5.97 Å². The lowest BCUT2D eigenvalue weighted by atomic mass is 9.96. The first-order valence-electron chi connectivity index (χ1n) is 9.08. The molecule has 0 aliphatic heterocycles. The third-order valence-corrected chi connectivity index (χ3v) is 6.67. The van der Waals surface area contributed by atoms with Crippen molar-refractivity contribution in [1.29, 1.82) is 0 Å². The average Bonchev–Trinajstić information content (AvgIpc) is 3.36. The van der Waals surface area contributed by atoms with Gasteiger partial charge in [-0.1, -0.05) is 29.8 Å². The summed E-state index contributed by atoms with van der Waals surface area (Å²) in [4.78, 5) is 12.5. The number of hydrogen-bond donors (Lipinski definition) is 1. The van der Waals surface area contributed by atoms with Crippen molar-refractivity contribution in [2.24, 2.45) is 0 Å². The van der Waals surface area contributed by atoms with Crippen LogP contribution in [0.2, 0.25) is 0 Å². The summed E-state index contributed by atoms with van der Waals surface area (Å²) >= 11 is 0. The van der Waals surface area contributed by atoms with Crippen molar-refractivity contribution in [2.75, 3.05) is 11.3 Å². The molecule has 0 amide bonds. The predicted octanol–water partition coefficient (Wildman–Crippen LogP) is 4.01. The SMILES string of the molecule is CCOC(=O)C1(c2ccc(NS(=O)(=O)c3c(C)cc(C)cc3C)cc2)CC1. The number of carbonyl (C=O) groups excluding carboxylic acids is 1. The van der Waals surface area contributed by atoms with Crippen LogP contribution in [0.1, 0.15) is 42.0 Å². The maximum absolute atomic E-state index is 12.9. The largest absolute Gasteiger partial charge is 0.465 e. The van der Waals surface area contributed by atoms with Crippen molar-refractivity contribution >= 4 is 21.7 Å². The zero-order valence-corrected chi connectivity index (χ0v) is 16.9. The number of anilines is 1. The molecule has 0 atom stereocenters. The molecule has 1 saturated carbocycles. The number of hydrogen-bond acceptors (Lipinski definition) is 4. The van der Waals surface area contributed by atoms with E-state index in [1.54, 1.807) is 45.0 Å². The van der Waals surface area contributed by atoms with Gasteiger partial charge < -0.3 is 4.74 Å². The van der Waals surface area contributed by atoms with Crippen LogP contribution in [0, 0.1) is 20.8 Å². The molecule has 1 aliphatic carbocycles. The molecule has 0 spiro atoms. The average molecular weight is 388 g/mol. The summed E-state index contributed by atoms with van der Waals surface area (Å²) in [5.74, 6) is -0.204. The smallest absolute Gasteiger partial charge is 0.316 e. The zero-order valence-electron chi connectivity index (χ0n) is 16.1. The summed E-state index contributed by atoms with van der Waals surface area (Å²) in [7, 11) is -3.69. The van der Waals surface area contributed by atoms with Crippen molar-refractivity contribution < 1.29 is 17.9 Å². The van der Waals surface area contributed by atoms with Crippen LogP contribution in [0.5, 0.6) is 0 Å². The van der Waals surface area contributed by atoms with E-state index in [2.05, 4.69) is 4.72 Å². The number of ether oxygens (including phenoxy) is 1. The van der Waals surface area contributed by atoms with E-state index in [0.29, 0.717) is 17.2 Å². The molecule has 1 aliphatic rings. The second-order valence-corrected chi connectivity index (χ2v) is 8.83. The van der Waals surface area contributed by atoms with Gasteiger partial charge in [0, 0.05) is 5.69 Å². The molecule has 1 N–H and O–H groups in total. The molecule has 0 bridgehead atoms. The van der Waals surface area contributed by atoms with E-state index in [1.165, 1.54) is 0 Å². The molecule has 144 valence electrons. The Balaban J connectivity index is 1.84. The van der Waals surface area contributed by atoms with Crippen molar-refractivity contribution in [3.8, 4) is 0 Å². The second kappa shape index (κ2) is 7.00. The van der Waals surface area contributed by atoms with E-state index >= 15 is 0 Å². The van der Waals surface area contributed by atoms with Crippen molar-refractivity contribution in [3.63, 3.8) is 0 Å². The summed E-state index contributed by atoms with van der Waals surface area (Å²) in [5, 5.41) is 0. The number of sulfonamides is 1. The quantitative estimate of drug-likeness (QED) is 0.760. The minimum absolute atomic E-state index is 0.204. The highest BCUT2D eigenvalue weighted by atomic mass is 32.2. The lowest BCUT2D eigenvalue weighted by molar-refractivity contribution is -0.146. The fourth-order valence-corrected chi connectivity index (χ4v) is 5.17. The molecule has 1 fully saturated rings. The summed E-state index contributed by atoms with van der Waals surface area (Å²) < 4.78 is 33.5. The Bertz CT molecular complexity index is 951. The highest BCUT2D eigenvalue weighted by Gasteiger charge is 2.52. The Morgan fingerprint density at radius 2 is 1.63 bits per heavy atom. The fourth-order valence-electron chi connectivity index (χ4n) is 3.66. The van der Waals surface area contributed by atoms with E-state index in [0.717, 1.165) is 35.1 Å². The molecule has 5 nitrogen and oxygen atoms in total. The molecular weight excluding hydrogens is 362 g/mol. The molecule has 2 aromatic carbocycles. The van der Waals surface area contributed by atoms with Crippen LogP contribution < -0.4 is 4.72 Å². The van der Waals surface area contributed by atoms with Crippen LogP contribution in [-0.2, 0) is 25.0 Å². The third kappa shape index (κ3) is 3.72. The topological polar surface area (TPSA) is 72.5 Å². The van der Waals surface area contributed by atoms with Crippen LogP contribution in [0.3, 0.4) is 0 Å². The first-order chi connectivity index (χ1) is 12.7. The van der Waals surface area contributed by atoms with Gasteiger partial charge in [-0.2, -0.15) is 0 Å². The number of esters is 1. The van der Waals surface area contributed by atoms with Crippen LogP contribution in [-0.4, -0.2) is 21.0 Å². The van der Waals surface area contributed by atoms with Gasteiger partial charge in [0.15, 0.2) is 0 Å². The maximum Gasteiger partial charge on any atom is 0.316 e. The highest BCUT2D eigenvalue weighted by molar-refractivity contribution is 7.92. The van der Waals surface area contributed by atoms with Crippen LogP contribution >= 0.6 is 0 Å². The van der Waals surface area contributed by atoms with Gasteiger partial charge in [0.2, 0.25) is 0 Å². The first-order valence-corrected chi connectivity index (χ1v) is 10.6. The van der Waals surface area contributed by atoms with Gasteiger partial charge in [0.25, 0.3) is 10.0 Å². The van der Waals surface area contributed by atoms with Crippen LogP contribution in [0.25, 0.3) is 0 Å².